The average molecular weight is 362 g/mol. The second-order valence-corrected chi connectivity index (χ2v) is 5.70. The number of aliphatic hydroxyl groups excluding tert-OH is 1. The highest BCUT2D eigenvalue weighted by Gasteiger charge is 2.08. The lowest BCUT2D eigenvalue weighted by Gasteiger charge is -2.24. The summed E-state index contributed by atoms with van der Waals surface area (Å²) in [4.78, 5) is 12.2. The van der Waals surface area contributed by atoms with E-state index < -0.39 is 4.92 Å². The van der Waals surface area contributed by atoms with E-state index in [9.17, 15) is 15.2 Å². The molecule has 0 aromatic heterocycles. The van der Waals surface area contributed by atoms with Crippen LogP contribution in [0.3, 0.4) is 0 Å². The first-order valence-electron chi connectivity index (χ1n) is 8.37. The number of nitro groups is 1. The summed E-state index contributed by atoms with van der Waals surface area (Å²) in [6.45, 7) is 0.518. The van der Waals surface area contributed by atoms with Crippen molar-refractivity contribution in [3.8, 4) is 0 Å². The number of rotatable bonds is 7. The largest absolute Gasteiger partial charge is 0.395 e. The van der Waals surface area contributed by atoms with Crippen LogP contribution in [0.2, 0.25) is 0 Å². The summed E-state index contributed by atoms with van der Waals surface area (Å²) in [6, 6.07) is 23.2. The van der Waals surface area contributed by atoms with Crippen LogP contribution in [0.25, 0.3) is 0 Å². The molecule has 0 aliphatic carbocycles. The Bertz CT molecular complexity index is 910. The van der Waals surface area contributed by atoms with Gasteiger partial charge in [0.05, 0.1) is 22.9 Å². The molecule has 0 unspecified atom stereocenters. The monoisotopic (exact) mass is 362 g/mol. The molecule has 7 heteroatoms. The molecule has 3 aromatic rings. The summed E-state index contributed by atoms with van der Waals surface area (Å²) in [6.07, 6.45) is 0. The van der Waals surface area contributed by atoms with E-state index in [1.54, 1.807) is 12.1 Å². The molecule has 0 fully saturated rings. The maximum Gasteiger partial charge on any atom is 0.269 e. The summed E-state index contributed by atoms with van der Waals surface area (Å²) in [5, 5.41) is 28.3. The number of nitro benzene ring substituents is 1. The molecule has 3 rings (SSSR count). The van der Waals surface area contributed by atoms with Gasteiger partial charge in [-0.2, -0.15) is 10.2 Å². The number of hydrogen-bond donors (Lipinski definition) is 1. The Kier molecular flexibility index (Phi) is 5.86. The first kappa shape index (κ1) is 18.2. The van der Waals surface area contributed by atoms with E-state index in [0.717, 1.165) is 11.4 Å². The maximum atomic E-state index is 10.7. The Morgan fingerprint density at radius 3 is 1.85 bits per heavy atom. The number of nitrogens with zero attached hydrogens (tertiary/aromatic N) is 4. The Labute approximate surface area is 156 Å². The Morgan fingerprint density at radius 2 is 1.33 bits per heavy atom. The third-order valence-electron chi connectivity index (χ3n) is 3.89. The van der Waals surface area contributed by atoms with E-state index in [0.29, 0.717) is 17.9 Å². The number of benzene rings is 3. The number of hydrogen-bond acceptors (Lipinski definition) is 6. The lowest BCUT2D eigenvalue weighted by atomic mass is 10.2. The average Bonchev–Trinajstić information content (AvgIpc) is 2.72. The number of aliphatic hydroxyl groups is 1. The molecule has 0 aliphatic rings. The van der Waals surface area contributed by atoms with Gasteiger partial charge in [0.2, 0.25) is 0 Å². The molecule has 0 amide bonds. The van der Waals surface area contributed by atoms with Crippen LogP contribution >= 0.6 is 0 Å². The van der Waals surface area contributed by atoms with E-state index in [1.807, 2.05) is 59.5 Å². The van der Waals surface area contributed by atoms with Gasteiger partial charge in [-0.25, -0.2) is 0 Å². The maximum absolute atomic E-state index is 10.7. The van der Waals surface area contributed by atoms with Crippen molar-refractivity contribution in [2.75, 3.05) is 18.1 Å². The van der Waals surface area contributed by atoms with Crippen molar-refractivity contribution in [2.45, 2.75) is 0 Å². The van der Waals surface area contributed by atoms with Crippen molar-refractivity contribution in [1.29, 1.82) is 0 Å². The van der Waals surface area contributed by atoms with Crippen molar-refractivity contribution >= 4 is 28.4 Å². The minimum absolute atomic E-state index is 0.0168. The third kappa shape index (κ3) is 4.74. The van der Waals surface area contributed by atoms with Crippen LogP contribution in [0.5, 0.6) is 0 Å². The van der Waals surface area contributed by atoms with Crippen LogP contribution in [-0.2, 0) is 0 Å². The lowest BCUT2D eigenvalue weighted by Crippen LogP contribution is -2.20. The Hall–Kier alpha value is -3.58. The van der Waals surface area contributed by atoms with Crippen LogP contribution < -0.4 is 4.90 Å². The molecule has 136 valence electrons. The Balaban J connectivity index is 1.75. The predicted octanol–water partition coefficient (Wildman–Crippen LogP) is 5.14. The fraction of sp³-hybridized carbons (Fsp3) is 0.100. The van der Waals surface area contributed by atoms with Gasteiger partial charge in [0.25, 0.3) is 5.69 Å². The van der Waals surface area contributed by atoms with Gasteiger partial charge in [-0.3, -0.25) is 10.1 Å². The quantitative estimate of drug-likeness (QED) is 0.358. The van der Waals surface area contributed by atoms with Gasteiger partial charge in [-0.1, -0.05) is 18.2 Å². The van der Waals surface area contributed by atoms with Crippen LogP contribution in [0, 0.1) is 10.1 Å². The molecule has 0 saturated heterocycles. The third-order valence-corrected chi connectivity index (χ3v) is 3.89. The van der Waals surface area contributed by atoms with Crippen LogP contribution in [-0.4, -0.2) is 23.2 Å². The number of para-hydroxylation sites is 1. The fourth-order valence-corrected chi connectivity index (χ4v) is 2.57. The van der Waals surface area contributed by atoms with Crippen molar-refractivity contribution in [3.63, 3.8) is 0 Å². The van der Waals surface area contributed by atoms with Crippen LogP contribution in [0.15, 0.2) is 89.1 Å². The van der Waals surface area contributed by atoms with E-state index >= 15 is 0 Å². The van der Waals surface area contributed by atoms with E-state index in [2.05, 4.69) is 10.2 Å². The summed E-state index contributed by atoms with van der Waals surface area (Å²) in [5.74, 6) is 0. The predicted molar refractivity (Wildman–Crippen MR) is 104 cm³/mol. The standard InChI is InChI=1S/C20H18N4O3/c25-15-14-23(18-4-2-1-3-5-18)19-10-6-16(7-11-19)21-22-17-8-12-20(13-9-17)24(26)27/h1-13,25H,14-15H2. The normalized spacial score (nSPS) is 10.9. The number of non-ortho nitro benzene ring substituents is 1. The second-order valence-electron chi connectivity index (χ2n) is 5.70. The zero-order valence-electron chi connectivity index (χ0n) is 14.5. The zero-order valence-corrected chi connectivity index (χ0v) is 14.5. The summed E-state index contributed by atoms with van der Waals surface area (Å²) >= 11 is 0. The zero-order chi connectivity index (χ0) is 19.1. The highest BCUT2D eigenvalue weighted by molar-refractivity contribution is 5.64. The van der Waals surface area contributed by atoms with Crippen LogP contribution in [0.1, 0.15) is 0 Å². The molecule has 0 bridgehead atoms. The highest BCUT2D eigenvalue weighted by Crippen LogP contribution is 2.28. The van der Waals surface area contributed by atoms with Gasteiger partial charge in [-0.05, 0) is 48.5 Å². The molecular formula is C20H18N4O3. The number of anilines is 2. The van der Waals surface area contributed by atoms with Gasteiger partial charge in [0, 0.05) is 30.1 Å². The van der Waals surface area contributed by atoms with E-state index in [-0.39, 0.29) is 12.3 Å². The summed E-state index contributed by atoms with van der Waals surface area (Å²) in [5.41, 5.74) is 3.14. The minimum Gasteiger partial charge on any atom is -0.395 e. The molecule has 0 aliphatic heterocycles. The molecule has 3 aromatic carbocycles. The van der Waals surface area contributed by atoms with Crippen LogP contribution in [0.4, 0.5) is 28.4 Å². The molecule has 0 heterocycles. The van der Waals surface area contributed by atoms with E-state index in [1.165, 1.54) is 12.1 Å². The molecule has 0 atom stereocenters. The molecule has 0 radical (unpaired) electrons. The SMILES string of the molecule is O=[N+]([O-])c1ccc(N=Nc2ccc(N(CCO)c3ccccc3)cc2)cc1. The van der Waals surface area contributed by atoms with Crippen molar-refractivity contribution in [2.24, 2.45) is 10.2 Å². The van der Waals surface area contributed by atoms with Gasteiger partial charge in [0.15, 0.2) is 0 Å². The molecule has 1 N–H and O–H groups in total. The fourth-order valence-electron chi connectivity index (χ4n) is 2.57. The van der Waals surface area contributed by atoms with Gasteiger partial charge >= 0.3 is 0 Å². The second kappa shape index (κ2) is 8.68. The van der Waals surface area contributed by atoms with Crippen molar-refractivity contribution < 1.29 is 10.0 Å². The molecular weight excluding hydrogens is 344 g/mol. The number of azo groups is 1. The van der Waals surface area contributed by atoms with Crippen molar-refractivity contribution in [3.05, 3.63) is 89.0 Å². The molecule has 0 saturated carbocycles. The topological polar surface area (TPSA) is 91.3 Å². The van der Waals surface area contributed by atoms with Gasteiger partial charge in [-0.15, -0.1) is 0 Å². The minimum atomic E-state index is -0.454. The summed E-state index contributed by atoms with van der Waals surface area (Å²) < 4.78 is 0. The first-order chi connectivity index (χ1) is 13.2. The first-order valence-corrected chi connectivity index (χ1v) is 8.37. The lowest BCUT2D eigenvalue weighted by molar-refractivity contribution is -0.384. The van der Waals surface area contributed by atoms with E-state index in [4.69, 9.17) is 0 Å². The molecule has 27 heavy (non-hydrogen) atoms. The molecule has 7 nitrogen and oxygen atoms in total. The highest BCUT2D eigenvalue weighted by atomic mass is 16.6. The molecule has 0 spiro atoms. The Morgan fingerprint density at radius 1 is 0.815 bits per heavy atom. The van der Waals surface area contributed by atoms with Gasteiger partial charge in [0.1, 0.15) is 0 Å². The summed E-state index contributed by atoms with van der Waals surface area (Å²) in [7, 11) is 0. The van der Waals surface area contributed by atoms with Crippen molar-refractivity contribution in [1.82, 2.24) is 0 Å². The van der Waals surface area contributed by atoms with Gasteiger partial charge < -0.3 is 10.0 Å². The smallest absolute Gasteiger partial charge is 0.269 e.